The van der Waals surface area contributed by atoms with Gasteiger partial charge in [0.05, 0.1) is 24.8 Å². The third-order valence-electron chi connectivity index (χ3n) is 4.20. The zero-order valence-corrected chi connectivity index (χ0v) is 18.9. The second-order valence-electron chi connectivity index (χ2n) is 6.33. The predicted molar refractivity (Wildman–Crippen MR) is 126 cm³/mol. The Hall–Kier alpha value is -3.62. The zero-order chi connectivity index (χ0) is 22.9. The molecule has 0 aliphatic heterocycles. The van der Waals surface area contributed by atoms with Crippen molar-refractivity contribution in [1.82, 2.24) is 10.7 Å². The van der Waals surface area contributed by atoms with E-state index in [1.165, 1.54) is 37.8 Å². The van der Waals surface area contributed by atoms with E-state index in [2.05, 4.69) is 15.8 Å². The van der Waals surface area contributed by atoms with Gasteiger partial charge in [0.15, 0.2) is 11.5 Å². The van der Waals surface area contributed by atoms with Crippen molar-refractivity contribution in [3.8, 4) is 11.5 Å². The number of carbonyl (C=O) groups is 2. The third kappa shape index (κ3) is 6.19. The molecule has 0 unspecified atom stereocenters. The molecule has 2 amide bonds. The molecule has 0 saturated heterocycles. The molecule has 1 aromatic heterocycles. The van der Waals surface area contributed by atoms with Crippen LogP contribution in [0.1, 0.15) is 20.8 Å². The Balaban J connectivity index is 1.86. The largest absolute Gasteiger partial charge is 0.493 e. The summed E-state index contributed by atoms with van der Waals surface area (Å²) < 4.78 is 11.2. The van der Waals surface area contributed by atoms with Crippen LogP contribution in [0.15, 0.2) is 71.5 Å². The summed E-state index contributed by atoms with van der Waals surface area (Å²) >= 11 is 7.22. The van der Waals surface area contributed by atoms with Crippen LogP contribution in [0.3, 0.4) is 0 Å². The number of ether oxygens (including phenoxy) is 2. The quantitative estimate of drug-likeness (QED) is 0.292. The Morgan fingerprint density at radius 1 is 1.00 bits per heavy atom. The minimum atomic E-state index is -0.594. The summed E-state index contributed by atoms with van der Waals surface area (Å²) in [6.07, 6.45) is 3.00. The molecule has 2 N–H and O–H groups in total. The van der Waals surface area contributed by atoms with Crippen molar-refractivity contribution < 1.29 is 19.1 Å². The first-order valence-electron chi connectivity index (χ1n) is 9.39. The highest BCUT2D eigenvalue weighted by atomic mass is 35.5. The molecule has 0 atom stereocenters. The highest BCUT2D eigenvalue weighted by molar-refractivity contribution is 7.17. The minimum absolute atomic E-state index is 0.00688. The summed E-state index contributed by atoms with van der Waals surface area (Å²) in [4.78, 5) is 26.2. The van der Waals surface area contributed by atoms with Crippen LogP contribution < -0.4 is 20.2 Å². The van der Waals surface area contributed by atoms with Crippen molar-refractivity contribution in [2.24, 2.45) is 5.10 Å². The molecule has 0 fully saturated rings. The molecule has 0 saturated carbocycles. The van der Waals surface area contributed by atoms with Gasteiger partial charge in [-0.15, -0.1) is 11.3 Å². The number of thiophene rings is 1. The first-order valence-corrected chi connectivity index (χ1v) is 10.6. The number of methoxy groups -OCH3 is 2. The summed E-state index contributed by atoms with van der Waals surface area (Å²) in [5, 5.41) is 6.60. The molecule has 7 nitrogen and oxygen atoms in total. The first-order chi connectivity index (χ1) is 15.5. The second-order valence-corrected chi connectivity index (χ2v) is 8.08. The molecule has 1 heterocycles. The molecule has 3 aromatic rings. The number of halogens is 1. The van der Waals surface area contributed by atoms with Crippen LogP contribution in [-0.2, 0) is 4.79 Å². The molecule has 2 aromatic carbocycles. The van der Waals surface area contributed by atoms with Gasteiger partial charge >= 0.3 is 0 Å². The van der Waals surface area contributed by atoms with Crippen molar-refractivity contribution in [1.29, 1.82) is 0 Å². The van der Waals surface area contributed by atoms with Crippen molar-refractivity contribution in [2.45, 2.75) is 0 Å². The van der Waals surface area contributed by atoms with Crippen molar-refractivity contribution >= 4 is 47.0 Å². The van der Waals surface area contributed by atoms with Crippen LogP contribution in [0.2, 0.25) is 4.34 Å². The highest BCUT2D eigenvalue weighted by Crippen LogP contribution is 2.28. The van der Waals surface area contributed by atoms with E-state index in [1.807, 2.05) is 0 Å². The van der Waals surface area contributed by atoms with Gasteiger partial charge in [0.1, 0.15) is 5.70 Å². The number of carbonyl (C=O) groups excluding carboxylic acids is 2. The van der Waals surface area contributed by atoms with Gasteiger partial charge in [0.25, 0.3) is 11.8 Å². The monoisotopic (exact) mass is 469 g/mol. The third-order valence-corrected chi connectivity index (χ3v) is 5.36. The Morgan fingerprint density at radius 2 is 1.75 bits per heavy atom. The fraction of sp³-hybridized carbons (Fsp3) is 0.0870. The van der Waals surface area contributed by atoms with E-state index in [1.54, 1.807) is 60.7 Å². The average molecular weight is 470 g/mol. The van der Waals surface area contributed by atoms with Crippen LogP contribution in [0, 0.1) is 0 Å². The molecule has 0 bridgehead atoms. The van der Waals surface area contributed by atoms with Crippen LogP contribution in [0.25, 0.3) is 6.08 Å². The van der Waals surface area contributed by atoms with E-state index in [4.69, 9.17) is 21.1 Å². The van der Waals surface area contributed by atoms with E-state index in [0.29, 0.717) is 27.0 Å². The number of nitrogens with zero attached hydrogens (tertiary/aromatic N) is 1. The summed E-state index contributed by atoms with van der Waals surface area (Å²) in [6.45, 7) is 0. The number of hydrazone groups is 1. The lowest BCUT2D eigenvalue weighted by Crippen LogP contribution is -2.32. The summed E-state index contributed by atoms with van der Waals surface area (Å²) in [5.41, 5.74) is 3.46. The number of hydrogen-bond acceptors (Lipinski definition) is 6. The Bertz CT molecular complexity index is 1160. The summed E-state index contributed by atoms with van der Waals surface area (Å²) in [7, 11) is 3.05. The molecule has 32 heavy (non-hydrogen) atoms. The summed E-state index contributed by atoms with van der Waals surface area (Å²) in [6, 6.07) is 17.2. The van der Waals surface area contributed by atoms with Gasteiger partial charge in [-0.05, 0) is 48.0 Å². The van der Waals surface area contributed by atoms with E-state index < -0.39 is 11.8 Å². The van der Waals surface area contributed by atoms with E-state index in [0.717, 1.165) is 4.88 Å². The normalized spacial score (nSPS) is 11.3. The lowest BCUT2D eigenvalue weighted by Gasteiger charge is -2.11. The van der Waals surface area contributed by atoms with Gasteiger partial charge in [0.2, 0.25) is 0 Å². The maximum Gasteiger partial charge on any atom is 0.287 e. The number of amides is 2. The lowest BCUT2D eigenvalue weighted by atomic mass is 10.1. The topological polar surface area (TPSA) is 89.0 Å². The number of nitrogens with one attached hydrogen (secondary N) is 2. The fourth-order valence-corrected chi connectivity index (χ4v) is 3.60. The van der Waals surface area contributed by atoms with E-state index in [9.17, 15) is 9.59 Å². The second kappa shape index (κ2) is 11.1. The maximum absolute atomic E-state index is 12.8. The standard InChI is InChI=1S/C23H20ClN3O4S/c1-30-19-10-8-15(13-20(19)31-2)12-18(26-22(28)16-6-4-3-5-7-16)23(29)27-25-14-17-9-11-21(24)32-17/h3-14H,1-2H3,(H,26,28)(H,27,29)/b18-12+,25-14-. The number of benzene rings is 2. The van der Waals surface area contributed by atoms with Crippen LogP contribution in [-0.4, -0.2) is 32.2 Å². The number of hydrogen-bond donors (Lipinski definition) is 2. The Kier molecular flexibility index (Phi) is 8.02. The molecular weight excluding hydrogens is 450 g/mol. The highest BCUT2D eigenvalue weighted by Gasteiger charge is 2.15. The smallest absolute Gasteiger partial charge is 0.287 e. The van der Waals surface area contributed by atoms with Crippen molar-refractivity contribution in [3.05, 3.63) is 86.7 Å². The summed E-state index contributed by atoms with van der Waals surface area (Å²) in [5.74, 6) is 0.00985. The van der Waals surface area contributed by atoms with Crippen LogP contribution in [0.4, 0.5) is 0 Å². The van der Waals surface area contributed by atoms with Gasteiger partial charge in [-0.3, -0.25) is 9.59 Å². The van der Waals surface area contributed by atoms with Gasteiger partial charge in [-0.2, -0.15) is 5.10 Å². The van der Waals surface area contributed by atoms with E-state index >= 15 is 0 Å². The SMILES string of the molecule is COc1ccc(/C=C(/NC(=O)c2ccccc2)C(=O)N/N=C\c2ccc(Cl)s2)cc1OC. The molecule has 0 radical (unpaired) electrons. The van der Waals surface area contributed by atoms with Gasteiger partial charge in [-0.25, -0.2) is 5.43 Å². The molecule has 0 spiro atoms. The molecular formula is C23H20ClN3O4S. The average Bonchev–Trinajstić information content (AvgIpc) is 3.23. The molecule has 0 aliphatic carbocycles. The Labute approximate surface area is 194 Å². The molecule has 3 rings (SSSR count). The Morgan fingerprint density at radius 3 is 2.41 bits per heavy atom. The molecule has 9 heteroatoms. The predicted octanol–water partition coefficient (Wildman–Crippen LogP) is 4.34. The van der Waals surface area contributed by atoms with Crippen molar-refractivity contribution in [3.63, 3.8) is 0 Å². The molecule has 0 aliphatic rings. The lowest BCUT2D eigenvalue weighted by molar-refractivity contribution is -0.117. The van der Waals surface area contributed by atoms with Gasteiger partial charge in [-0.1, -0.05) is 35.9 Å². The zero-order valence-electron chi connectivity index (χ0n) is 17.3. The molecule has 164 valence electrons. The fourth-order valence-electron chi connectivity index (χ4n) is 2.66. The first kappa shape index (κ1) is 23.1. The van der Waals surface area contributed by atoms with Gasteiger partial charge in [0, 0.05) is 10.4 Å². The maximum atomic E-state index is 12.8. The number of rotatable bonds is 8. The van der Waals surface area contributed by atoms with E-state index in [-0.39, 0.29) is 5.70 Å². The van der Waals surface area contributed by atoms with Crippen LogP contribution in [0.5, 0.6) is 11.5 Å². The van der Waals surface area contributed by atoms with Gasteiger partial charge < -0.3 is 14.8 Å². The minimum Gasteiger partial charge on any atom is -0.493 e. The van der Waals surface area contributed by atoms with Crippen molar-refractivity contribution in [2.75, 3.05) is 14.2 Å². The van der Waals surface area contributed by atoms with Crippen LogP contribution >= 0.6 is 22.9 Å².